The average molecular weight is 368 g/mol. The monoisotopic (exact) mass is 368 g/mol. The van der Waals surface area contributed by atoms with Crippen molar-refractivity contribution in [2.75, 3.05) is 19.4 Å². The smallest absolute Gasteiger partial charge is 0.337 e. The Labute approximate surface area is 156 Å². The standard InChI is InChI=1S/C19H20N4O4/c1-27-19(26)13-6-4-12(5-7-13)3-2-10-22-18(25)17(24)15-9-8-14(21)16(11-20)23-15/h4-9,17,24H,2-3,10,21H2,1H3,(H,22,25). The van der Waals surface area contributed by atoms with Crippen molar-refractivity contribution in [1.82, 2.24) is 10.3 Å². The van der Waals surface area contributed by atoms with Gasteiger partial charge < -0.3 is 20.9 Å². The van der Waals surface area contributed by atoms with Crippen LogP contribution in [0.1, 0.15) is 39.8 Å². The number of esters is 1. The summed E-state index contributed by atoms with van der Waals surface area (Å²) < 4.78 is 4.64. The number of aromatic nitrogens is 1. The SMILES string of the molecule is COC(=O)c1ccc(CCCNC(=O)C(O)c2ccc(N)c(C#N)n2)cc1. The number of pyridine rings is 1. The van der Waals surface area contributed by atoms with E-state index in [1.807, 2.05) is 12.1 Å². The van der Waals surface area contributed by atoms with Crippen LogP contribution in [0.3, 0.4) is 0 Å². The predicted molar refractivity (Wildman–Crippen MR) is 97.4 cm³/mol. The van der Waals surface area contributed by atoms with E-state index >= 15 is 0 Å². The number of aryl methyl sites for hydroxylation is 1. The fourth-order valence-electron chi connectivity index (χ4n) is 2.39. The molecule has 0 bridgehead atoms. The van der Waals surface area contributed by atoms with Crippen LogP contribution >= 0.6 is 0 Å². The molecule has 0 saturated heterocycles. The number of nitrogens with zero attached hydrogens (tertiary/aromatic N) is 2. The van der Waals surface area contributed by atoms with Gasteiger partial charge in [-0.2, -0.15) is 5.26 Å². The molecule has 0 aliphatic heterocycles. The number of anilines is 1. The Morgan fingerprint density at radius 1 is 1.30 bits per heavy atom. The number of benzene rings is 1. The lowest BCUT2D eigenvalue weighted by Gasteiger charge is -2.11. The number of aliphatic hydroxyl groups is 1. The summed E-state index contributed by atoms with van der Waals surface area (Å²) >= 11 is 0. The maximum atomic E-state index is 12.0. The molecule has 0 spiro atoms. The number of nitrogen functional groups attached to an aromatic ring is 1. The molecule has 0 fully saturated rings. The maximum absolute atomic E-state index is 12.0. The minimum absolute atomic E-state index is 0.0326. The Bertz CT molecular complexity index is 859. The van der Waals surface area contributed by atoms with E-state index in [1.165, 1.54) is 19.2 Å². The van der Waals surface area contributed by atoms with Crippen LogP contribution in [-0.2, 0) is 16.0 Å². The summed E-state index contributed by atoms with van der Waals surface area (Å²) in [7, 11) is 1.33. The number of ether oxygens (including phenoxy) is 1. The largest absolute Gasteiger partial charge is 0.465 e. The van der Waals surface area contributed by atoms with Gasteiger partial charge in [-0.05, 0) is 42.7 Å². The number of amides is 1. The molecule has 1 heterocycles. The van der Waals surface area contributed by atoms with E-state index in [2.05, 4.69) is 15.0 Å². The lowest BCUT2D eigenvalue weighted by Crippen LogP contribution is -2.30. The van der Waals surface area contributed by atoms with Crippen LogP contribution in [0.2, 0.25) is 0 Å². The number of methoxy groups -OCH3 is 1. The molecule has 140 valence electrons. The second kappa shape index (κ2) is 9.31. The Morgan fingerprint density at radius 2 is 2.00 bits per heavy atom. The Kier molecular flexibility index (Phi) is 6.86. The van der Waals surface area contributed by atoms with Crippen LogP contribution in [0.25, 0.3) is 0 Å². The average Bonchev–Trinajstić information content (AvgIpc) is 2.70. The highest BCUT2D eigenvalue weighted by molar-refractivity contribution is 5.89. The third-order valence-electron chi connectivity index (χ3n) is 3.90. The van der Waals surface area contributed by atoms with Crippen molar-refractivity contribution in [3.8, 4) is 6.07 Å². The van der Waals surface area contributed by atoms with Crippen molar-refractivity contribution >= 4 is 17.6 Å². The number of rotatable bonds is 7. The highest BCUT2D eigenvalue weighted by Gasteiger charge is 2.19. The summed E-state index contributed by atoms with van der Waals surface area (Å²) in [6, 6.07) is 11.7. The van der Waals surface area contributed by atoms with Gasteiger partial charge in [0.1, 0.15) is 6.07 Å². The van der Waals surface area contributed by atoms with Gasteiger partial charge in [-0.25, -0.2) is 9.78 Å². The highest BCUT2D eigenvalue weighted by Crippen LogP contribution is 2.15. The van der Waals surface area contributed by atoms with E-state index in [4.69, 9.17) is 11.0 Å². The number of aliphatic hydroxyl groups excluding tert-OH is 1. The van der Waals surface area contributed by atoms with Crippen molar-refractivity contribution in [2.24, 2.45) is 0 Å². The van der Waals surface area contributed by atoms with Crippen molar-refractivity contribution in [1.29, 1.82) is 5.26 Å². The Hall–Kier alpha value is -3.44. The molecular formula is C19H20N4O4. The van der Waals surface area contributed by atoms with Gasteiger partial charge in [-0.3, -0.25) is 4.79 Å². The van der Waals surface area contributed by atoms with Crippen molar-refractivity contribution < 1.29 is 19.4 Å². The number of hydrogen-bond acceptors (Lipinski definition) is 7. The molecular weight excluding hydrogens is 348 g/mol. The summed E-state index contributed by atoms with van der Waals surface area (Å²) in [5.74, 6) is -0.990. The first-order valence-electron chi connectivity index (χ1n) is 8.25. The summed E-state index contributed by atoms with van der Waals surface area (Å²) in [5.41, 5.74) is 7.28. The van der Waals surface area contributed by atoms with Crippen LogP contribution in [0, 0.1) is 11.3 Å². The van der Waals surface area contributed by atoms with Gasteiger partial charge in [-0.1, -0.05) is 12.1 Å². The molecule has 0 radical (unpaired) electrons. The van der Waals surface area contributed by atoms with Crippen molar-refractivity contribution in [3.05, 3.63) is 58.9 Å². The lowest BCUT2D eigenvalue weighted by molar-refractivity contribution is -0.129. The van der Waals surface area contributed by atoms with E-state index < -0.39 is 18.0 Å². The molecule has 0 saturated carbocycles. The number of carbonyl (C=O) groups is 2. The number of carbonyl (C=O) groups excluding carboxylic acids is 2. The van der Waals surface area contributed by atoms with Crippen LogP contribution in [-0.4, -0.2) is 35.6 Å². The molecule has 8 nitrogen and oxygen atoms in total. The summed E-state index contributed by atoms with van der Waals surface area (Å²) in [6.07, 6.45) is -0.136. The fourth-order valence-corrected chi connectivity index (χ4v) is 2.39. The third kappa shape index (κ3) is 5.26. The van der Waals surface area contributed by atoms with E-state index in [9.17, 15) is 14.7 Å². The van der Waals surface area contributed by atoms with Crippen LogP contribution < -0.4 is 11.1 Å². The minimum atomic E-state index is -1.47. The third-order valence-corrected chi connectivity index (χ3v) is 3.90. The van der Waals surface area contributed by atoms with Gasteiger partial charge in [0, 0.05) is 6.54 Å². The zero-order valence-electron chi connectivity index (χ0n) is 14.8. The predicted octanol–water partition coefficient (Wildman–Crippen LogP) is 1.10. The first-order chi connectivity index (χ1) is 13.0. The van der Waals surface area contributed by atoms with Crippen molar-refractivity contribution in [2.45, 2.75) is 18.9 Å². The summed E-state index contributed by atoms with van der Waals surface area (Å²) in [6.45, 7) is 0.356. The normalized spacial score (nSPS) is 11.3. The zero-order chi connectivity index (χ0) is 19.8. The molecule has 8 heteroatoms. The van der Waals surface area contributed by atoms with Gasteiger partial charge in [0.25, 0.3) is 5.91 Å². The number of nitrogens with two attached hydrogens (primary N) is 1. The van der Waals surface area contributed by atoms with Gasteiger partial charge in [0.2, 0.25) is 0 Å². The molecule has 0 aliphatic carbocycles. The second-order valence-electron chi connectivity index (χ2n) is 5.77. The first-order valence-corrected chi connectivity index (χ1v) is 8.25. The van der Waals surface area contributed by atoms with E-state index in [1.54, 1.807) is 18.2 Å². The van der Waals surface area contributed by atoms with Gasteiger partial charge in [0.15, 0.2) is 11.8 Å². The topological polar surface area (TPSA) is 138 Å². The fraction of sp³-hybridized carbons (Fsp3) is 0.263. The number of nitrogens with one attached hydrogen (secondary N) is 1. The molecule has 1 aromatic carbocycles. The summed E-state index contributed by atoms with van der Waals surface area (Å²) in [4.78, 5) is 27.3. The molecule has 4 N–H and O–H groups in total. The second-order valence-corrected chi connectivity index (χ2v) is 5.77. The Morgan fingerprint density at radius 3 is 2.63 bits per heavy atom. The van der Waals surface area contributed by atoms with E-state index in [0.29, 0.717) is 24.9 Å². The number of nitriles is 1. The van der Waals surface area contributed by atoms with Crippen LogP contribution in [0.5, 0.6) is 0 Å². The first kappa shape index (κ1) is 19.9. The molecule has 2 aromatic rings. The van der Waals surface area contributed by atoms with E-state index in [0.717, 1.165) is 5.56 Å². The van der Waals surface area contributed by atoms with Gasteiger partial charge in [-0.15, -0.1) is 0 Å². The molecule has 1 unspecified atom stereocenters. The highest BCUT2D eigenvalue weighted by atomic mass is 16.5. The zero-order valence-corrected chi connectivity index (χ0v) is 14.8. The molecule has 27 heavy (non-hydrogen) atoms. The maximum Gasteiger partial charge on any atom is 0.337 e. The van der Waals surface area contributed by atoms with Crippen LogP contribution in [0.15, 0.2) is 36.4 Å². The molecule has 1 aromatic heterocycles. The molecule has 1 atom stereocenters. The quantitative estimate of drug-likeness (QED) is 0.491. The molecule has 2 rings (SSSR count). The number of hydrogen-bond donors (Lipinski definition) is 3. The molecule has 1 amide bonds. The molecule has 0 aliphatic rings. The Balaban J connectivity index is 1.82. The van der Waals surface area contributed by atoms with Gasteiger partial charge in [0.05, 0.1) is 24.1 Å². The van der Waals surface area contributed by atoms with Crippen molar-refractivity contribution in [3.63, 3.8) is 0 Å². The van der Waals surface area contributed by atoms with Crippen LogP contribution in [0.4, 0.5) is 5.69 Å². The van der Waals surface area contributed by atoms with Gasteiger partial charge >= 0.3 is 5.97 Å². The lowest BCUT2D eigenvalue weighted by atomic mass is 10.1. The minimum Gasteiger partial charge on any atom is -0.465 e. The summed E-state index contributed by atoms with van der Waals surface area (Å²) in [5, 5.41) is 21.6. The van der Waals surface area contributed by atoms with E-state index in [-0.39, 0.29) is 17.1 Å².